The van der Waals surface area contributed by atoms with Crippen LogP contribution in [0.5, 0.6) is 0 Å². The Bertz CT molecular complexity index is 1510. The number of anilines is 1. The van der Waals surface area contributed by atoms with Crippen LogP contribution >= 0.6 is 11.6 Å². The minimum atomic E-state index is -3.59. The van der Waals surface area contributed by atoms with Gasteiger partial charge in [0.05, 0.1) is 11.9 Å². The first kappa shape index (κ1) is 32.6. The molecule has 0 heterocycles. The molecule has 0 radical (unpaired) electrons. The van der Waals surface area contributed by atoms with Gasteiger partial charge in [0.2, 0.25) is 21.8 Å². The van der Waals surface area contributed by atoms with Gasteiger partial charge in [0.1, 0.15) is 6.04 Å². The van der Waals surface area contributed by atoms with Gasteiger partial charge in [0, 0.05) is 37.0 Å². The Hall–Kier alpha value is -3.36. The monoisotopic (exact) mass is 623 g/mol. The van der Waals surface area contributed by atoms with Gasteiger partial charge >= 0.3 is 0 Å². The molecule has 0 unspecified atom stereocenters. The summed E-state index contributed by atoms with van der Waals surface area (Å²) in [5, 5.41) is 3.73. The molecule has 1 fully saturated rings. The van der Waals surface area contributed by atoms with Crippen LogP contribution < -0.4 is 9.62 Å². The van der Waals surface area contributed by atoms with E-state index in [4.69, 9.17) is 11.6 Å². The van der Waals surface area contributed by atoms with Crippen molar-refractivity contribution in [2.75, 3.05) is 17.1 Å². The van der Waals surface area contributed by atoms with E-state index in [1.54, 1.807) is 17.0 Å². The summed E-state index contributed by atoms with van der Waals surface area (Å²) in [6.07, 6.45) is 5.92. The van der Waals surface area contributed by atoms with Gasteiger partial charge in [-0.15, -0.1) is 0 Å². The number of carbonyl (C=O) groups is 2. The highest BCUT2D eigenvalue weighted by Crippen LogP contribution is 2.26. The lowest BCUT2D eigenvalue weighted by Crippen LogP contribution is -2.52. The van der Waals surface area contributed by atoms with E-state index >= 15 is 0 Å². The van der Waals surface area contributed by atoms with Crippen LogP contribution in [-0.2, 0) is 32.6 Å². The highest BCUT2D eigenvalue weighted by atomic mass is 35.5. The second-order valence-electron chi connectivity index (χ2n) is 11.5. The number of rotatable bonds is 13. The largest absolute Gasteiger partial charge is 0.352 e. The average Bonchev–Trinajstić information content (AvgIpc) is 3.48. The normalized spacial score (nSPS) is 14.3. The molecule has 2 amide bonds. The smallest absolute Gasteiger partial charge is 0.243 e. The Morgan fingerprint density at radius 3 is 2.30 bits per heavy atom. The lowest BCUT2D eigenvalue weighted by molar-refractivity contribution is -0.141. The summed E-state index contributed by atoms with van der Waals surface area (Å²) in [6.45, 7) is 4.16. The van der Waals surface area contributed by atoms with E-state index < -0.39 is 16.1 Å². The molecule has 3 aromatic rings. The molecule has 1 aliphatic rings. The molecule has 230 valence electrons. The molecule has 1 saturated carbocycles. The number of aryl methyl sites for hydroxylation is 1. The number of hydrogen-bond acceptors (Lipinski definition) is 4. The second kappa shape index (κ2) is 14.9. The summed E-state index contributed by atoms with van der Waals surface area (Å²) in [7, 11) is -3.59. The quantitative estimate of drug-likeness (QED) is 0.246. The Morgan fingerprint density at radius 2 is 1.63 bits per heavy atom. The first-order chi connectivity index (χ1) is 20.5. The number of amides is 2. The molecule has 0 aliphatic heterocycles. The van der Waals surface area contributed by atoms with Crippen molar-refractivity contribution < 1.29 is 18.0 Å². The van der Waals surface area contributed by atoms with E-state index in [1.165, 1.54) is 10.6 Å². The van der Waals surface area contributed by atoms with Crippen LogP contribution in [0.25, 0.3) is 0 Å². The first-order valence-electron chi connectivity index (χ1n) is 15.0. The molecule has 0 bridgehead atoms. The fraction of sp³-hybridized carbons (Fsp3) is 0.412. The first-order valence-corrected chi connectivity index (χ1v) is 17.2. The van der Waals surface area contributed by atoms with Crippen molar-refractivity contribution in [2.24, 2.45) is 0 Å². The summed E-state index contributed by atoms with van der Waals surface area (Å²) >= 11 is 6.53. The summed E-state index contributed by atoms with van der Waals surface area (Å²) in [5.41, 5.74) is 4.18. The van der Waals surface area contributed by atoms with E-state index in [0.29, 0.717) is 23.6 Å². The molecule has 43 heavy (non-hydrogen) atoms. The summed E-state index contributed by atoms with van der Waals surface area (Å²) in [4.78, 5) is 29.5. The third-order valence-electron chi connectivity index (χ3n) is 8.27. The van der Waals surface area contributed by atoms with Gasteiger partial charge in [-0.3, -0.25) is 13.9 Å². The summed E-state index contributed by atoms with van der Waals surface area (Å²) < 4.78 is 27.0. The number of benzene rings is 3. The van der Waals surface area contributed by atoms with Crippen molar-refractivity contribution in [1.29, 1.82) is 0 Å². The van der Waals surface area contributed by atoms with Gasteiger partial charge in [-0.05, 0) is 67.5 Å². The number of sulfonamides is 1. The third-order valence-corrected chi connectivity index (χ3v) is 9.82. The molecule has 3 aromatic carbocycles. The van der Waals surface area contributed by atoms with Crippen molar-refractivity contribution in [3.63, 3.8) is 0 Å². The molecule has 0 saturated heterocycles. The number of hydrogen-bond donors (Lipinski definition) is 1. The molecule has 9 heteroatoms. The molecule has 1 atom stereocenters. The zero-order chi connectivity index (χ0) is 31.0. The lowest BCUT2D eigenvalue weighted by Gasteiger charge is -2.33. The predicted octanol–water partition coefficient (Wildman–Crippen LogP) is 6.20. The zero-order valence-corrected chi connectivity index (χ0v) is 26.8. The van der Waals surface area contributed by atoms with E-state index in [-0.39, 0.29) is 37.4 Å². The van der Waals surface area contributed by atoms with Gasteiger partial charge in [0.25, 0.3) is 0 Å². The van der Waals surface area contributed by atoms with Gasteiger partial charge in [-0.25, -0.2) is 8.42 Å². The topological polar surface area (TPSA) is 86.8 Å². The van der Waals surface area contributed by atoms with Gasteiger partial charge in [-0.2, -0.15) is 0 Å². The van der Waals surface area contributed by atoms with E-state index in [0.717, 1.165) is 47.9 Å². The standard InChI is InChI=1S/C34H42ClN3O4S/c1-25-13-11-20-31(26(25)2)38(43(3,41)42)22-12-21-33(39)37(24-28-16-7-10-19-30(28)35)32(23-27-14-5-4-6-15-27)34(40)36-29-17-8-9-18-29/h4-7,10-11,13-16,19-20,29,32H,8-9,12,17-18,21-24H2,1-3H3,(H,36,40)/t32-/m0/s1. The Labute approximate surface area is 261 Å². The van der Waals surface area contributed by atoms with E-state index in [2.05, 4.69) is 5.32 Å². The van der Waals surface area contributed by atoms with Crippen molar-refractivity contribution in [2.45, 2.75) is 77.4 Å². The zero-order valence-electron chi connectivity index (χ0n) is 25.3. The third kappa shape index (κ3) is 8.83. The average molecular weight is 624 g/mol. The van der Waals surface area contributed by atoms with Crippen LogP contribution in [-0.4, -0.2) is 50.0 Å². The fourth-order valence-corrected chi connectivity index (χ4v) is 6.93. The SMILES string of the molecule is Cc1cccc(N(CCCC(=O)N(Cc2ccccc2Cl)[C@@H](Cc2ccccc2)C(=O)NC2CCCC2)S(C)(=O)=O)c1C. The van der Waals surface area contributed by atoms with E-state index in [1.807, 2.05) is 74.5 Å². The number of nitrogens with zero attached hydrogens (tertiary/aromatic N) is 2. The minimum Gasteiger partial charge on any atom is -0.352 e. The van der Waals surface area contributed by atoms with Crippen LogP contribution in [0.3, 0.4) is 0 Å². The molecule has 1 aliphatic carbocycles. The molecule has 4 rings (SSSR count). The van der Waals surface area contributed by atoms with Crippen LogP contribution in [0.2, 0.25) is 5.02 Å². The molecule has 0 spiro atoms. The van der Waals surface area contributed by atoms with Crippen LogP contribution in [0, 0.1) is 13.8 Å². The van der Waals surface area contributed by atoms with Crippen molar-refractivity contribution in [3.05, 3.63) is 100 Å². The van der Waals surface area contributed by atoms with Gasteiger partial charge in [-0.1, -0.05) is 85.1 Å². The fourth-order valence-electron chi connectivity index (χ4n) is 5.72. The number of nitrogens with one attached hydrogen (secondary N) is 1. The van der Waals surface area contributed by atoms with Crippen molar-refractivity contribution in [3.8, 4) is 0 Å². The molecule has 7 nitrogen and oxygen atoms in total. The Kier molecular flexibility index (Phi) is 11.3. The maximum Gasteiger partial charge on any atom is 0.243 e. The predicted molar refractivity (Wildman–Crippen MR) is 174 cm³/mol. The Balaban J connectivity index is 1.61. The van der Waals surface area contributed by atoms with Crippen molar-refractivity contribution in [1.82, 2.24) is 10.2 Å². The molecular formula is C34H42ClN3O4S. The second-order valence-corrected chi connectivity index (χ2v) is 13.8. The Morgan fingerprint density at radius 1 is 0.953 bits per heavy atom. The lowest BCUT2D eigenvalue weighted by atomic mass is 10.0. The maximum absolute atomic E-state index is 14.1. The van der Waals surface area contributed by atoms with Crippen LogP contribution in [0.4, 0.5) is 5.69 Å². The summed E-state index contributed by atoms with van der Waals surface area (Å²) in [6, 6.07) is 21.9. The van der Waals surface area contributed by atoms with Crippen LogP contribution in [0.1, 0.15) is 60.8 Å². The van der Waals surface area contributed by atoms with E-state index in [9.17, 15) is 18.0 Å². The number of carbonyl (C=O) groups excluding carboxylic acids is 2. The highest BCUT2D eigenvalue weighted by Gasteiger charge is 2.32. The summed E-state index contributed by atoms with van der Waals surface area (Å²) in [5.74, 6) is -0.402. The maximum atomic E-state index is 14.1. The highest BCUT2D eigenvalue weighted by molar-refractivity contribution is 7.92. The molecule has 1 N–H and O–H groups in total. The van der Waals surface area contributed by atoms with Crippen LogP contribution in [0.15, 0.2) is 72.8 Å². The number of halogens is 1. The molecule has 0 aromatic heterocycles. The van der Waals surface area contributed by atoms with Gasteiger partial charge < -0.3 is 10.2 Å². The van der Waals surface area contributed by atoms with Gasteiger partial charge in [0.15, 0.2) is 0 Å². The minimum absolute atomic E-state index is 0.0728. The van der Waals surface area contributed by atoms with Crippen molar-refractivity contribution >= 4 is 39.1 Å². The molecular weight excluding hydrogens is 582 g/mol.